The number of nitrogens with one attached hydrogen (secondary N) is 1. The van der Waals surface area contributed by atoms with Gasteiger partial charge in [-0.05, 0) is 62.1 Å². The Morgan fingerprint density at radius 3 is 2.48 bits per heavy atom. The van der Waals surface area contributed by atoms with Gasteiger partial charge in [0.25, 0.3) is 5.91 Å². The van der Waals surface area contributed by atoms with E-state index < -0.39 is 0 Å². The first-order valence-corrected chi connectivity index (χ1v) is 7.03. The van der Waals surface area contributed by atoms with Crippen molar-refractivity contribution >= 4 is 11.6 Å². The van der Waals surface area contributed by atoms with Crippen LogP contribution in [0.4, 0.5) is 5.69 Å². The molecule has 0 spiro atoms. The standard InChI is InChI=1S/C18H21NO2/c1-12-9-14(3)15(4)17(10-12)21-11-18(20)19-16-8-6-5-7-13(16)2/h5-10H,11H2,1-4H3,(H,19,20). The van der Waals surface area contributed by atoms with E-state index in [-0.39, 0.29) is 12.5 Å². The number of aryl methyl sites for hydroxylation is 3. The van der Waals surface area contributed by atoms with Gasteiger partial charge in [-0.1, -0.05) is 24.3 Å². The van der Waals surface area contributed by atoms with Crippen LogP contribution in [0.15, 0.2) is 36.4 Å². The van der Waals surface area contributed by atoms with E-state index in [9.17, 15) is 4.79 Å². The van der Waals surface area contributed by atoms with Crippen LogP contribution in [-0.4, -0.2) is 12.5 Å². The van der Waals surface area contributed by atoms with E-state index in [0.29, 0.717) is 0 Å². The smallest absolute Gasteiger partial charge is 0.262 e. The van der Waals surface area contributed by atoms with E-state index in [2.05, 4.69) is 11.4 Å². The number of ether oxygens (including phenoxy) is 1. The van der Waals surface area contributed by atoms with Crippen LogP contribution in [0.5, 0.6) is 5.75 Å². The first-order valence-electron chi connectivity index (χ1n) is 7.03. The van der Waals surface area contributed by atoms with Gasteiger partial charge in [-0.15, -0.1) is 0 Å². The van der Waals surface area contributed by atoms with Gasteiger partial charge in [0.1, 0.15) is 5.75 Å². The van der Waals surface area contributed by atoms with E-state index in [1.807, 2.05) is 58.0 Å². The molecule has 2 rings (SSSR count). The molecule has 0 bridgehead atoms. The number of anilines is 1. The molecule has 0 aliphatic rings. The van der Waals surface area contributed by atoms with Crippen LogP contribution in [0, 0.1) is 27.7 Å². The van der Waals surface area contributed by atoms with Crippen molar-refractivity contribution in [1.29, 1.82) is 0 Å². The molecule has 0 saturated heterocycles. The number of para-hydroxylation sites is 1. The number of carbonyl (C=O) groups excluding carboxylic acids is 1. The number of carbonyl (C=O) groups is 1. The van der Waals surface area contributed by atoms with Crippen molar-refractivity contribution in [1.82, 2.24) is 0 Å². The van der Waals surface area contributed by atoms with Crippen LogP contribution in [0.2, 0.25) is 0 Å². The summed E-state index contributed by atoms with van der Waals surface area (Å²) in [7, 11) is 0. The van der Waals surface area contributed by atoms with Crippen LogP contribution in [0.1, 0.15) is 22.3 Å². The van der Waals surface area contributed by atoms with Crippen LogP contribution in [0.3, 0.4) is 0 Å². The molecular weight excluding hydrogens is 262 g/mol. The first kappa shape index (κ1) is 15.1. The topological polar surface area (TPSA) is 38.3 Å². The summed E-state index contributed by atoms with van der Waals surface area (Å²) in [6, 6.07) is 11.8. The molecule has 3 nitrogen and oxygen atoms in total. The Bertz CT molecular complexity index is 662. The highest BCUT2D eigenvalue weighted by Crippen LogP contribution is 2.23. The predicted octanol–water partition coefficient (Wildman–Crippen LogP) is 3.94. The van der Waals surface area contributed by atoms with Crippen LogP contribution >= 0.6 is 0 Å². The van der Waals surface area contributed by atoms with Crippen molar-refractivity contribution in [2.24, 2.45) is 0 Å². The summed E-state index contributed by atoms with van der Waals surface area (Å²) in [6.45, 7) is 8.04. The number of hydrogen-bond donors (Lipinski definition) is 1. The zero-order valence-corrected chi connectivity index (χ0v) is 13.0. The Morgan fingerprint density at radius 1 is 1.05 bits per heavy atom. The molecule has 2 aromatic rings. The van der Waals surface area contributed by atoms with Gasteiger partial charge in [-0.2, -0.15) is 0 Å². The lowest BCUT2D eigenvalue weighted by Gasteiger charge is -2.13. The molecule has 0 heterocycles. The van der Waals surface area contributed by atoms with Gasteiger partial charge in [0.2, 0.25) is 0 Å². The molecule has 0 fully saturated rings. The highest BCUT2D eigenvalue weighted by atomic mass is 16.5. The van der Waals surface area contributed by atoms with E-state index in [0.717, 1.165) is 28.1 Å². The third-order valence-electron chi connectivity index (χ3n) is 3.54. The summed E-state index contributed by atoms with van der Waals surface area (Å²) in [5.41, 5.74) is 5.23. The van der Waals surface area contributed by atoms with Gasteiger partial charge in [0.15, 0.2) is 6.61 Å². The fraction of sp³-hybridized carbons (Fsp3) is 0.278. The number of hydrogen-bond acceptors (Lipinski definition) is 2. The molecule has 1 N–H and O–H groups in total. The SMILES string of the molecule is Cc1cc(C)c(C)c(OCC(=O)Nc2ccccc2C)c1. The number of benzene rings is 2. The third kappa shape index (κ3) is 3.85. The van der Waals surface area contributed by atoms with Crippen LogP contribution in [0.25, 0.3) is 0 Å². The molecule has 110 valence electrons. The van der Waals surface area contributed by atoms with Crippen molar-refractivity contribution in [3.63, 3.8) is 0 Å². The predicted molar refractivity (Wildman–Crippen MR) is 86.0 cm³/mol. The second-order valence-corrected chi connectivity index (χ2v) is 5.36. The fourth-order valence-electron chi connectivity index (χ4n) is 2.19. The summed E-state index contributed by atoms with van der Waals surface area (Å²) in [6.07, 6.45) is 0. The highest BCUT2D eigenvalue weighted by molar-refractivity contribution is 5.92. The summed E-state index contributed by atoms with van der Waals surface area (Å²) in [4.78, 5) is 12.0. The molecule has 0 aliphatic carbocycles. The Kier molecular flexibility index (Phi) is 4.63. The Labute approximate surface area is 126 Å². The van der Waals surface area contributed by atoms with Crippen molar-refractivity contribution in [2.75, 3.05) is 11.9 Å². The summed E-state index contributed by atoms with van der Waals surface area (Å²) in [5, 5.41) is 2.87. The van der Waals surface area contributed by atoms with Crippen molar-refractivity contribution in [3.8, 4) is 5.75 Å². The summed E-state index contributed by atoms with van der Waals surface area (Å²) >= 11 is 0. The minimum Gasteiger partial charge on any atom is -0.483 e. The largest absolute Gasteiger partial charge is 0.483 e. The maximum absolute atomic E-state index is 12.0. The Hall–Kier alpha value is -2.29. The molecule has 21 heavy (non-hydrogen) atoms. The average molecular weight is 283 g/mol. The molecule has 0 saturated carbocycles. The van der Waals surface area contributed by atoms with E-state index in [1.165, 1.54) is 5.56 Å². The Morgan fingerprint density at radius 2 is 1.76 bits per heavy atom. The van der Waals surface area contributed by atoms with Gasteiger partial charge < -0.3 is 10.1 Å². The molecule has 0 unspecified atom stereocenters. The number of amides is 1. The zero-order chi connectivity index (χ0) is 15.4. The lowest BCUT2D eigenvalue weighted by Crippen LogP contribution is -2.21. The van der Waals surface area contributed by atoms with Crippen molar-refractivity contribution < 1.29 is 9.53 Å². The molecule has 0 radical (unpaired) electrons. The zero-order valence-electron chi connectivity index (χ0n) is 13.0. The minimum atomic E-state index is -0.150. The van der Waals surface area contributed by atoms with Crippen LogP contribution in [-0.2, 0) is 4.79 Å². The lowest BCUT2D eigenvalue weighted by atomic mass is 10.1. The number of rotatable bonds is 4. The average Bonchev–Trinajstić information content (AvgIpc) is 2.44. The highest BCUT2D eigenvalue weighted by Gasteiger charge is 2.08. The second-order valence-electron chi connectivity index (χ2n) is 5.36. The first-order chi connectivity index (χ1) is 9.97. The van der Waals surface area contributed by atoms with E-state index >= 15 is 0 Å². The Balaban J connectivity index is 2.00. The van der Waals surface area contributed by atoms with Gasteiger partial charge in [0.05, 0.1) is 0 Å². The van der Waals surface area contributed by atoms with E-state index in [4.69, 9.17) is 4.74 Å². The maximum atomic E-state index is 12.0. The van der Waals surface area contributed by atoms with Gasteiger partial charge >= 0.3 is 0 Å². The molecule has 0 atom stereocenters. The minimum absolute atomic E-state index is 0.0120. The van der Waals surface area contributed by atoms with Crippen LogP contribution < -0.4 is 10.1 Å². The monoisotopic (exact) mass is 283 g/mol. The molecule has 1 amide bonds. The van der Waals surface area contributed by atoms with Gasteiger partial charge in [0, 0.05) is 5.69 Å². The molecular formula is C18H21NO2. The fourth-order valence-corrected chi connectivity index (χ4v) is 2.19. The second kappa shape index (κ2) is 6.44. The summed E-state index contributed by atoms with van der Waals surface area (Å²) < 4.78 is 5.66. The summed E-state index contributed by atoms with van der Waals surface area (Å²) in [5.74, 6) is 0.621. The molecule has 0 aliphatic heterocycles. The van der Waals surface area contributed by atoms with Crippen molar-refractivity contribution in [3.05, 3.63) is 58.7 Å². The van der Waals surface area contributed by atoms with Gasteiger partial charge in [-0.3, -0.25) is 4.79 Å². The maximum Gasteiger partial charge on any atom is 0.262 e. The lowest BCUT2D eigenvalue weighted by molar-refractivity contribution is -0.118. The van der Waals surface area contributed by atoms with Gasteiger partial charge in [-0.25, -0.2) is 0 Å². The molecule has 3 heteroatoms. The normalized spacial score (nSPS) is 10.3. The van der Waals surface area contributed by atoms with Crippen molar-refractivity contribution in [2.45, 2.75) is 27.7 Å². The molecule has 2 aromatic carbocycles. The van der Waals surface area contributed by atoms with E-state index in [1.54, 1.807) is 0 Å². The third-order valence-corrected chi connectivity index (χ3v) is 3.54. The molecule has 0 aromatic heterocycles. The quantitative estimate of drug-likeness (QED) is 0.923.